The molecule has 1 rings (SSSR count). The Balaban J connectivity index is 3.20. The average Bonchev–Trinajstić information content (AvgIpc) is 2.03. The second-order valence-electron chi connectivity index (χ2n) is 2.64. The number of hydrogen-bond donors (Lipinski definition) is 1. The summed E-state index contributed by atoms with van der Waals surface area (Å²) in [5, 5.41) is 0. The average molecular weight is 246 g/mol. The van der Waals surface area contributed by atoms with Crippen molar-refractivity contribution in [1.82, 2.24) is 0 Å². The largest absolute Gasteiger partial charge is 0.324 e. The molecule has 0 bridgehead atoms. The summed E-state index contributed by atoms with van der Waals surface area (Å²) in [5.41, 5.74) is 7.05. The molecule has 0 amide bonds. The molecule has 0 heterocycles. The van der Waals surface area contributed by atoms with Crippen LogP contribution in [0.5, 0.6) is 0 Å². The van der Waals surface area contributed by atoms with Gasteiger partial charge in [-0.25, -0.2) is 0 Å². The number of halogens is 1. The molecule has 0 aromatic heterocycles. The molecule has 0 radical (unpaired) electrons. The van der Waals surface area contributed by atoms with Gasteiger partial charge in [0.05, 0.1) is 0 Å². The van der Waals surface area contributed by atoms with E-state index in [0.717, 1.165) is 4.47 Å². The minimum Gasteiger partial charge on any atom is -0.324 e. The lowest BCUT2D eigenvalue weighted by molar-refractivity contribution is 0.792. The Morgan fingerprint density at radius 2 is 2.17 bits per heavy atom. The lowest BCUT2D eigenvalue weighted by atomic mass is 10.1. The van der Waals surface area contributed by atoms with Gasteiger partial charge >= 0.3 is 0 Å². The Hall–Kier alpha value is 0.01000. The molecule has 1 unspecified atom stereocenters. The first-order chi connectivity index (χ1) is 5.66. The van der Waals surface area contributed by atoms with Crippen molar-refractivity contribution in [2.75, 3.05) is 6.26 Å². The zero-order valence-corrected chi connectivity index (χ0v) is 9.58. The fourth-order valence-corrected chi connectivity index (χ4v) is 2.73. The molecule has 0 fully saturated rings. The van der Waals surface area contributed by atoms with E-state index in [0.29, 0.717) is 0 Å². The van der Waals surface area contributed by atoms with Crippen LogP contribution in [-0.4, -0.2) is 6.26 Å². The van der Waals surface area contributed by atoms with Gasteiger partial charge in [0.2, 0.25) is 0 Å². The van der Waals surface area contributed by atoms with Gasteiger partial charge < -0.3 is 5.73 Å². The molecular weight excluding hydrogens is 234 g/mol. The topological polar surface area (TPSA) is 26.0 Å². The number of hydrogen-bond acceptors (Lipinski definition) is 2. The van der Waals surface area contributed by atoms with E-state index in [1.807, 2.05) is 19.1 Å². The predicted octanol–water partition coefficient (Wildman–Crippen LogP) is 3.19. The van der Waals surface area contributed by atoms with Crippen LogP contribution in [0.15, 0.2) is 27.6 Å². The minimum atomic E-state index is 0.0861. The van der Waals surface area contributed by atoms with Crippen molar-refractivity contribution in [3.63, 3.8) is 0 Å². The van der Waals surface area contributed by atoms with Gasteiger partial charge in [-0.1, -0.05) is 22.0 Å². The Morgan fingerprint density at radius 3 is 2.58 bits per heavy atom. The summed E-state index contributed by atoms with van der Waals surface area (Å²) in [6.07, 6.45) is 2.06. The van der Waals surface area contributed by atoms with Gasteiger partial charge in [-0.15, -0.1) is 11.8 Å². The molecule has 2 N–H and O–H groups in total. The summed E-state index contributed by atoms with van der Waals surface area (Å²) in [6.45, 7) is 2.00. The smallest absolute Gasteiger partial charge is 0.0288 e. The van der Waals surface area contributed by atoms with Crippen molar-refractivity contribution in [3.8, 4) is 0 Å². The third kappa shape index (κ3) is 2.03. The van der Waals surface area contributed by atoms with Crippen LogP contribution in [0.4, 0.5) is 0 Å². The van der Waals surface area contributed by atoms with E-state index in [1.54, 1.807) is 11.8 Å². The lowest BCUT2D eigenvalue weighted by Crippen LogP contribution is -2.07. The van der Waals surface area contributed by atoms with E-state index in [9.17, 15) is 0 Å². The van der Waals surface area contributed by atoms with Crippen LogP contribution in [0, 0.1) is 0 Å². The fraction of sp³-hybridized carbons (Fsp3) is 0.333. The van der Waals surface area contributed by atoms with E-state index in [-0.39, 0.29) is 6.04 Å². The second kappa shape index (κ2) is 4.30. The predicted molar refractivity (Wildman–Crippen MR) is 58.5 cm³/mol. The van der Waals surface area contributed by atoms with E-state index >= 15 is 0 Å². The molecule has 1 aromatic carbocycles. The van der Waals surface area contributed by atoms with Crippen LogP contribution in [0.2, 0.25) is 0 Å². The fourth-order valence-electron chi connectivity index (χ4n) is 1.14. The van der Waals surface area contributed by atoms with E-state index in [2.05, 4.69) is 28.3 Å². The molecule has 12 heavy (non-hydrogen) atoms. The third-order valence-electron chi connectivity index (χ3n) is 1.69. The van der Waals surface area contributed by atoms with Crippen molar-refractivity contribution < 1.29 is 0 Å². The van der Waals surface area contributed by atoms with Gasteiger partial charge in [-0.3, -0.25) is 0 Å². The standard InChI is InChI=1S/C9H12BrNS/c1-6(11)9-7(10)4-3-5-8(9)12-2/h3-6H,11H2,1-2H3. The molecule has 1 atom stereocenters. The summed E-state index contributed by atoms with van der Waals surface area (Å²) < 4.78 is 1.10. The van der Waals surface area contributed by atoms with E-state index in [1.165, 1.54) is 10.5 Å². The molecule has 0 aliphatic heterocycles. The minimum absolute atomic E-state index is 0.0861. The zero-order chi connectivity index (χ0) is 9.14. The molecule has 1 nitrogen and oxygen atoms in total. The SMILES string of the molecule is CSc1cccc(Br)c1C(C)N. The highest BCUT2D eigenvalue weighted by Gasteiger charge is 2.09. The monoisotopic (exact) mass is 245 g/mol. The molecule has 3 heteroatoms. The Labute approximate surface area is 85.9 Å². The summed E-state index contributed by atoms with van der Waals surface area (Å²) in [7, 11) is 0. The first kappa shape index (κ1) is 10.1. The zero-order valence-electron chi connectivity index (χ0n) is 7.17. The van der Waals surface area contributed by atoms with E-state index < -0.39 is 0 Å². The van der Waals surface area contributed by atoms with Gasteiger partial charge in [0.15, 0.2) is 0 Å². The molecule has 0 spiro atoms. The van der Waals surface area contributed by atoms with Gasteiger partial charge in [0.25, 0.3) is 0 Å². The second-order valence-corrected chi connectivity index (χ2v) is 4.35. The lowest BCUT2D eigenvalue weighted by Gasteiger charge is -2.12. The van der Waals surface area contributed by atoms with Crippen LogP contribution in [0.25, 0.3) is 0 Å². The molecular formula is C9H12BrNS. The van der Waals surface area contributed by atoms with Gasteiger partial charge in [-0.2, -0.15) is 0 Å². The number of thioether (sulfide) groups is 1. The molecule has 1 aromatic rings. The maximum atomic E-state index is 5.85. The number of rotatable bonds is 2. The molecule has 0 aliphatic rings. The summed E-state index contributed by atoms with van der Waals surface area (Å²) in [5.74, 6) is 0. The van der Waals surface area contributed by atoms with Crippen molar-refractivity contribution >= 4 is 27.7 Å². The quantitative estimate of drug-likeness (QED) is 0.811. The summed E-state index contributed by atoms with van der Waals surface area (Å²) in [4.78, 5) is 1.25. The maximum absolute atomic E-state index is 5.85. The van der Waals surface area contributed by atoms with Crippen LogP contribution < -0.4 is 5.73 Å². The highest BCUT2D eigenvalue weighted by molar-refractivity contribution is 9.10. The van der Waals surface area contributed by atoms with Crippen molar-refractivity contribution in [3.05, 3.63) is 28.2 Å². The van der Waals surface area contributed by atoms with Crippen LogP contribution in [0.1, 0.15) is 18.5 Å². The molecule has 0 aliphatic carbocycles. The molecule has 0 saturated heterocycles. The van der Waals surface area contributed by atoms with Crippen molar-refractivity contribution in [2.45, 2.75) is 17.9 Å². The van der Waals surface area contributed by atoms with Crippen molar-refractivity contribution in [1.29, 1.82) is 0 Å². The summed E-state index contributed by atoms with van der Waals surface area (Å²) >= 11 is 5.22. The first-order valence-corrected chi connectivity index (χ1v) is 5.76. The first-order valence-electron chi connectivity index (χ1n) is 3.74. The maximum Gasteiger partial charge on any atom is 0.0288 e. The van der Waals surface area contributed by atoms with Gasteiger partial charge in [-0.05, 0) is 30.9 Å². The number of benzene rings is 1. The number of nitrogens with two attached hydrogens (primary N) is 1. The highest BCUT2D eigenvalue weighted by atomic mass is 79.9. The van der Waals surface area contributed by atoms with E-state index in [4.69, 9.17) is 5.73 Å². The van der Waals surface area contributed by atoms with Crippen molar-refractivity contribution in [2.24, 2.45) is 5.73 Å². The molecule has 0 saturated carbocycles. The Bertz CT molecular complexity index is 273. The Kier molecular flexibility index (Phi) is 3.62. The van der Waals surface area contributed by atoms with Gasteiger partial charge in [0.1, 0.15) is 0 Å². The normalized spacial score (nSPS) is 13.0. The van der Waals surface area contributed by atoms with Crippen LogP contribution >= 0.6 is 27.7 Å². The molecule has 66 valence electrons. The third-order valence-corrected chi connectivity index (χ3v) is 3.18. The Morgan fingerprint density at radius 1 is 1.50 bits per heavy atom. The van der Waals surface area contributed by atoms with Gasteiger partial charge in [0, 0.05) is 15.4 Å². The van der Waals surface area contributed by atoms with Crippen LogP contribution in [-0.2, 0) is 0 Å². The highest BCUT2D eigenvalue weighted by Crippen LogP contribution is 2.30. The van der Waals surface area contributed by atoms with Crippen LogP contribution in [0.3, 0.4) is 0 Å². The summed E-state index contributed by atoms with van der Waals surface area (Å²) in [6, 6.07) is 6.23.